The van der Waals surface area contributed by atoms with Crippen LogP contribution in [0.1, 0.15) is 15.9 Å². The summed E-state index contributed by atoms with van der Waals surface area (Å²) in [5.74, 6) is 0.264. The SMILES string of the molecule is COc1ccc(C(=O)NN2C(=O)OCC2/C=C/c2ccccc2)cc1. The van der Waals surface area contributed by atoms with Gasteiger partial charge in [-0.15, -0.1) is 0 Å². The van der Waals surface area contributed by atoms with Gasteiger partial charge in [0, 0.05) is 5.56 Å². The van der Waals surface area contributed by atoms with Crippen LogP contribution in [0.4, 0.5) is 4.79 Å². The highest BCUT2D eigenvalue weighted by molar-refractivity contribution is 5.95. The monoisotopic (exact) mass is 338 g/mol. The number of hydrogen-bond acceptors (Lipinski definition) is 4. The van der Waals surface area contributed by atoms with Gasteiger partial charge in [-0.1, -0.05) is 42.5 Å². The van der Waals surface area contributed by atoms with E-state index >= 15 is 0 Å². The van der Waals surface area contributed by atoms with Gasteiger partial charge in [-0.25, -0.2) is 9.80 Å². The number of carbonyl (C=O) groups is 2. The molecule has 1 aliphatic rings. The summed E-state index contributed by atoms with van der Waals surface area (Å²) in [4.78, 5) is 24.2. The topological polar surface area (TPSA) is 67.9 Å². The van der Waals surface area contributed by atoms with Crippen LogP contribution in [0.2, 0.25) is 0 Å². The van der Waals surface area contributed by atoms with Crippen LogP contribution in [-0.2, 0) is 4.74 Å². The molecular formula is C19H18N2O4. The van der Waals surface area contributed by atoms with Gasteiger partial charge in [-0.3, -0.25) is 10.2 Å². The molecule has 0 spiro atoms. The summed E-state index contributed by atoms with van der Waals surface area (Å²) in [6, 6.07) is 16.0. The number of benzene rings is 2. The van der Waals surface area contributed by atoms with Crippen LogP contribution in [0.25, 0.3) is 6.08 Å². The van der Waals surface area contributed by atoms with Crippen molar-refractivity contribution in [3.8, 4) is 5.75 Å². The fraction of sp³-hybridized carbons (Fsp3) is 0.158. The van der Waals surface area contributed by atoms with Gasteiger partial charge in [0.2, 0.25) is 0 Å². The number of rotatable bonds is 5. The molecule has 6 nitrogen and oxygen atoms in total. The summed E-state index contributed by atoms with van der Waals surface area (Å²) >= 11 is 0. The van der Waals surface area contributed by atoms with E-state index in [1.54, 1.807) is 31.4 Å². The molecule has 3 rings (SSSR count). The zero-order valence-electron chi connectivity index (χ0n) is 13.7. The van der Waals surface area contributed by atoms with Crippen molar-refractivity contribution < 1.29 is 19.1 Å². The first kappa shape index (κ1) is 16.6. The number of cyclic esters (lactones) is 1. The summed E-state index contributed by atoms with van der Waals surface area (Å²) in [7, 11) is 1.55. The lowest BCUT2D eigenvalue weighted by Gasteiger charge is -2.19. The molecule has 1 saturated heterocycles. The van der Waals surface area contributed by atoms with Crippen LogP contribution in [-0.4, -0.2) is 36.8 Å². The first-order valence-electron chi connectivity index (χ1n) is 7.81. The molecule has 2 amide bonds. The minimum Gasteiger partial charge on any atom is -0.497 e. The van der Waals surface area contributed by atoms with Crippen LogP contribution in [0.5, 0.6) is 5.75 Å². The highest BCUT2D eigenvalue weighted by Crippen LogP contribution is 2.15. The molecule has 25 heavy (non-hydrogen) atoms. The Morgan fingerprint density at radius 3 is 2.60 bits per heavy atom. The lowest BCUT2D eigenvalue weighted by atomic mass is 10.2. The molecule has 128 valence electrons. The summed E-state index contributed by atoms with van der Waals surface area (Å²) in [5, 5.41) is 1.20. The summed E-state index contributed by atoms with van der Waals surface area (Å²) in [6.45, 7) is 0.186. The van der Waals surface area contributed by atoms with E-state index in [0.29, 0.717) is 11.3 Å². The minimum atomic E-state index is -0.579. The first-order valence-corrected chi connectivity index (χ1v) is 7.81. The fourth-order valence-electron chi connectivity index (χ4n) is 2.41. The average molecular weight is 338 g/mol. The van der Waals surface area contributed by atoms with E-state index in [1.165, 1.54) is 5.01 Å². The molecule has 1 fully saturated rings. The summed E-state index contributed by atoms with van der Waals surface area (Å²) in [5.41, 5.74) is 4.02. The predicted octanol–water partition coefficient (Wildman–Crippen LogP) is 2.87. The second kappa shape index (κ2) is 7.53. The number of nitrogens with zero attached hydrogens (tertiary/aromatic N) is 1. The predicted molar refractivity (Wildman–Crippen MR) is 92.9 cm³/mol. The Morgan fingerprint density at radius 2 is 1.92 bits per heavy atom. The van der Waals surface area contributed by atoms with E-state index in [4.69, 9.17) is 9.47 Å². The Labute approximate surface area is 145 Å². The molecule has 2 aromatic carbocycles. The van der Waals surface area contributed by atoms with Gasteiger partial charge in [0.15, 0.2) is 0 Å². The molecule has 0 aliphatic carbocycles. The molecule has 0 bridgehead atoms. The number of amides is 2. The average Bonchev–Trinajstić information content (AvgIpc) is 3.00. The van der Waals surface area contributed by atoms with Gasteiger partial charge in [0.05, 0.1) is 7.11 Å². The zero-order chi connectivity index (χ0) is 17.6. The van der Waals surface area contributed by atoms with Crippen LogP contribution < -0.4 is 10.2 Å². The third-order valence-electron chi connectivity index (χ3n) is 3.79. The van der Waals surface area contributed by atoms with Crippen LogP contribution >= 0.6 is 0 Å². The molecule has 6 heteroatoms. The molecule has 1 unspecified atom stereocenters. The van der Waals surface area contributed by atoms with Gasteiger partial charge in [-0.2, -0.15) is 0 Å². The van der Waals surface area contributed by atoms with Crippen LogP contribution in [0.3, 0.4) is 0 Å². The van der Waals surface area contributed by atoms with Gasteiger partial charge in [0.1, 0.15) is 18.4 Å². The lowest BCUT2D eigenvalue weighted by Crippen LogP contribution is -2.47. The van der Waals surface area contributed by atoms with E-state index in [1.807, 2.05) is 42.5 Å². The van der Waals surface area contributed by atoms with Gasteiger partial charge >= 0.3 is 6.09 Å². The zero-order valence-corrected chi connectivity index (χ0v) is 13.7. The van der Waals surface area contributed by atoms with E-state index < -0.39 is 6.09 Å². The highest BCUT2D eigenvalue weighted by Gasteiger charge is 2.32. The Balaban J connectivity index is 1.69. The summed E-state index contributed by atoms with van der Waals surface area (Å²) in [6.07, 6.45) is 3.14. The van der Waals surface area contributed by atoms with Crippen molar-refractivity contribution in [1.29, 1.82) is 0 Å². The molecule has 0 saturated carbocycles. The third kappa shape index (κ3) is 3.98. The number of nitrogens with one attached hydrogen (secondary N) is 1. The second-order valence-electron chi connectivity index (χ2n) is 5.45. The van der Waals surface area contributed by atoms with E-state index in [0.717, 1.165) is 5.56 Å². The Morgan fingerprint density at radius 1 is 1.20 bits per heavy atom. The Kier molecular flexibility index (Phi) is 4.99. The number of carbonyl (C=O) groups excluding carboxylic acids is 2. The number of ether oxygens (including phenoxy) is 2. The number of methoxy groups -OCH3 is 1. The minimum absolute atomic E-state index is 0.186. The van der Waals surface area contributed by atoms with E-state index in [9.17, 15) is 9.59 Å². The molecule has 1 atom stereocenters. The maximum Gasteiger partial charge on any atom is 0.429 e. The molecule has 0 radical (unpaired) electrons. The second-order valence-corrected chi connectivity index (χ2v) is 5.45. The van der Waals surface area contributed by atoms with Gasteiger partial charge < -0.3 is 9.47 Å². The fourth-order valence-corrected chi connectivity index (χ4v) is 2.41. The molecule has 2 aromatic rings. The maximum atomic E-state index is 12.3. The molecule has 1 N–H and O–H groups in total. The van der Waals surface area contributed by atoms with Crippen LogP contribution in [0, 0.1) is 0 Å². The van der Waals surface area contributed by atoms with Crippen molar-refractivity contribution in [2.75, 3.05) is 13.7 Å². The molecule has 0 aromatic heterocycles. The molecular weight excluding hydrogens is 320 g/mol. The van der Waals surface area contributed by atoms with Gasteiger partial charge in [0.25, 0.3) is 5.91 Å². The number of hydrogen-bond donors (Lipinski definition) is 1. The third-order valence-corrected chi connectivity index (χ3v) is 3.79. The smallest absolute Gasteiger partial charge is 0.429 e. The van der Waals surface area contributed by atoms with Gasteiger partial charge in [-0.05, 0) is 29.8 Å². The molecule has 1 aliphatic heterocycles. The van der Waals surface area contributed by atoms with Crippen molar-refractivity contribution in [2.24, 2.45) is 0 Å². The van der Waals surface area contributed by atoms with E-state index in [2.05, 4.69) is 5.43 Å². The Hall–Kier alpha value is -3.28. The highest BCUT2D eigenvalue weighted by atomic mass is 16.6. The first-order chi connectivity index (χ1) is 12.2. The maximum absolute atomic E-state index is 12.3. The van der Waals surface area contributed by atoms with E-state index in [-0.39, 0.29) is 18.6 Å². The largest absolute Gasteiger partial charge is 0.497 e. The Bertz CT molecular complexity index is 772. The normalized spacial score (nSPS) is 16.8. The van der Waals surface area contributed by atoms with Crippen molar-refractivity contribution in [1.82, 2.24) is 10.4 Å². The summed E-state index contributed by atoms with van der Waals surface area (Å²) < 4.78 is 10.1. The van der Waals surface area contributed by atoms with Crippen LogP contribution in [0.15, 0.2) is 60.7 Å². The molecule has 1 heterocycles. The quantitative estimate of drug-likeness (QED) is 0.910. The number of hydrazine groups is 1. The standard InChI is InChI=1S/C19H18N2O4/c1-24-17-11-8-15(9-12-17)18(22)20-21-16(13-25-19(21)23)10-7-14-5-3-2-4-6-14/h2-12,16H,13H2,1H3,(H,20,22)/b10-7+. The van der Waals surface area contributed by atoms with Crippen molar-refractivity contribution in [2.45, 2.75) is 6.04 Å². The van der Waals surface area contributed by atoms with Crippen molar-refractivity contribution >= 4 is 18.1 Å². The lowest BCUT2D eigenvalue weighted by molar-refractivity contribution is 0.0813. The van der Waals surface area contributed by atoms with Crippen molar-refractivity contribution in [3.63, 3.8) is 0 Å². The van der Waals surface area contributed by atoms with Crippen molar-refractivity contribution in [3.05, 3.63) is 71.8 Å².